The van der Waals surface area contributed by atoms with Crippen LogP contribution in [0.4, 0.5) is 41.5 Å². The first kappa shape index (κ1) is 31.1. The molecule has 1 aromatic heterocycles. The Bertz CT molecular complexity index is 1600. The van der Waals surface area contributed by atoms with E-state index in [4.69, 9.17) is 9.47 Å². The Morgan fingerprint density at radius 2 is 1.59 bits per heavy atom. The highest BCUT2D eigenvalue weighted by Gasteiger charge is 2.50. The number of alkyl halides is 6. The predicted molar refractivity (Wildman–Crippen MR) is 146 cm³/mol. The summed E-state index contributed by atoms with van der Waals surface area (Å²) in [6, 6.07) is 1.93. The van der Waals surface area contributed by atoms with Crippen LogP contribution >= 0.6 is 0 Å². The topological polar surface area (TPSA) is 67.8 Å². The predicted octanol–water partition coefficient (Wildman–Crippen LogP) is 7.69. The molecule has 1 unspecified atom stereocenters. The number of hydrogen-bond donors (Lipinski definition) is 0. The number of benzene rings is 2. The van der Waals surface area contributed by atoms with Gasteiger partial charge in [-0.05, 0) is 41.3 Å². The van der Waals surface area contributed by atoms with Gasteiger partial charge in [0.25, 0.3) is 0 Å². The summed E-state index contributed by atoms with van der Waals surface area (Å²) >= 11 is 0. The van der Waals surface area contributed by atoms with Crippen molar-refractivity contribution in [3.63, 3.8) is 0 Å². The summed E-state index contributed by atoms with van der Waals surface area (Å²) in [6.07, 6.45) is -8.05. The van der Waals surface area contributed by atoms with Gasteiger partial charge in [-0.25, -0.2) is 19.2 Å². The Morgan fingerprint density at radius 3 is 2.14 bits per heavy atom. The summed E-state index contributed by atoms with van der Waals surface area (Å²) in [7, 11) is 4.74. The van der Waals surface area contributed by atoms with E-state index >= 15 is 0 Å². The third-order valence-electron chi connectivity index (χ3n) is 7.52. The summed E-state index contributed by atoms with van der Waals surface area (Å²) in [6.45, 7) is 3.62. The van der Waals surface area contributed by atoms with Crippen molar-refractivity contribution in [2.45, 2.75) is 50.3 Å². The highest BCUT2D eigenvalue weighted by atomic mass is 19.4. The number of anilines is 1. The number of carbonyl (C=O) groups excluding carboxylic acids is 1. The van der Waals surface area contributed by atoms with Crippen molar-refractivity contribution in [1.29, 1.82) is 0 Å². The summed E-state index contributed by atoms with van der Waals surface area (Å²) in [5.41, 5.74) is -2.06. The quantitative estimate of drug-likeness (QED) is 0.207. The molecule has 0 radical (unpaired) electrons. The smallest absolute Gasteiger partial charge is 0.416 e. The van der Waals surface area contributed by atoms with Gasteiger partial charge in [-0.2, -0.15) is 26.3 Å². The number of rotatable bonds is 6. The first-order valence-electron chi connectivity index (χ1n) is 13.4. The van der Waals surface area contributed by atoms with Crippen LogP contribution in [0, 0.1) is 5.82 Å². The average Bonchev–Trinajstić information content (AvgIpc) is 3.52. The van der Waals surface area contributed by atoms with Crippen molar-refractivity contribution in [2.24, 2.45) is 0 Å². The van der Waals surface area contributed by atoms with Crippen LogP contribution in [-0.4, -0.2) is 48.2 Å². The van der Waals surface area contributed by atoms with Gasteiger partial charge in [0.1, 0.15) is 11.6 Å². The van der Waals surface area contributed by atoms with Crippen LogP contribution in [-0.2, 0) is 17.1 Å². The fraction of sp³-hybridized carbons (Fsp3) is 0.367. The third-order valence-corrected chi connectivity index (χ3v) is 7.52. The first-order chi connectivity index (χ1) is 20.5. The number of amides is 1. The van der Waals surface area contributed by atoms with Gasteiger partial charge >= 0.3 is 18.4 Å². The zero-order valence-electron chi connectivity index (χ0n) is 24.1. The molecule has 0 spiro atoms. The lowest BCUT2D eigenvalue weighted by molar-refractivity contribution is -0.143. The maximum Gasteiger partial charge on any atom is 0.416 e. The Hall–Kier alpha value is -4.36. The molecule has 1 amide bonds. The average molecular weight is 625 g/mol. The Labute approximate surface area is 247 Å². The van der Waals surface area contributed by atoms with Crippen LogP contribution in [0.3, 0.4) is 0 Å². The second-order valence-electron chi connectivity index (χ2n) is 11.0. The fourth-order valence-electron chi connectivity index (χ4n) is 5.37. The van der Waals surface area contributed by atoms with E-state index in [1.807, 2.05) is 13.8 Å². The normalized spacial score (nSPS) is 19.9. The molecule has 7 nitrogen and oxygen atoms in total. The number of aromatic nitrogens is 2. The van der Waals surface area contributed by atoms with Crippen LogP contribution < -0.4 is 9.64 Å². The molecule has 44 heavy (non-hydrogen) atoms. The standard InChI is InChI=1S/C30H27F7N4O3/c1-14(2)18-11-19(24(43-5)12-21(18)31)20-13-38-27(40(3)4)39-25(20)22-6-7-23-26(44-28(42)41(22)23)15-8-16(29(32,33)34)10-17(9-15)30(35,36)37/h6-14,22-23,26H,1-5H3/t22-,23?,26+/m0/s1. The van der Waals surface area contributed by atoms with E-state index in [1.165, 1.54) is 30.3 Å². The molecule has 3 atom stereocenters. The summed E-state index contributed by atoms with van der Waals surface area (Å²) in [4.78, 5) is 25.1. The van der Waals surface area contributed by atoms with E-state index in [-0.39, 0.29) is 29.4 Å². The Morgan fingerprint density at radius 1 is 0.955 bits per heavy atom. The fourth-order valence-corrected chi connectivity index (χ4v) is 5.37. The van der Waals surface area contributed by atoms with Gasteiger partial charge in [0, 0.05) is 37.5 Å². The van der Waals surface area contributed by atoms with E-state index in [1.54, 1.807) is 31.1 Å². The van der Waals surface area contributed by atoms with Crippen molar-refractivity contribution < 1.29 is 45.0 Å². The van der Waals surface area contributed by atoms with Gasteiger partial charge in [-0.3, -0.25) is 4.90 Å². The highest BCUT2D eigenvalue weighted by molar-refractivity contribution is 5.78. The number of ether oxygens (including phenoxy) is 2. The number of cyclic esters (lactones) is 1. The molecule has 234 valence electrons. The maximum absolute atomic E-state index is 14.9. The second-order valence-corrected chi connectivity index (χ2v) is 11.0. The second kappa shape index (κ2) is 11.0. The Kier molecular flexibility index (Phi) is 7.75. The zero-order valence-corrected chi connectivity index (χ0v) is 24.1. The molecule has 2 aliphatic rings. The van der Waals surface area contributed by atoms with Crippen LogP contribution in [0.1, 0.15) is 59.9 Å². The van der Waals surface area contributed by atoms with E-state index in [9.17, 15) is 35.5 Å². The molecule has 1 saturated heterocycles. The number of carbonyl (C=O) groups is 1. The lowest BCUT2D eigenvalue weighted by Crippen LogP contribution is -2.32. The minimum atomic E-state index is -5.08. The van der Waals surface area contributed by atoms with Gasteiger partial charge < -0.3 is 14.4 Å². The van der Waals surface area contributed by atoms with Crippen LogP contribution in [0.25, 0.3) is 11.1 Å². The minimum Gasteiger partial charge on any atom is -0.496 e. The van der Waals surface area contributed by atoms with E-state index < -0.39 is 59.1 Å². The van der Waals surface area contributed by atoms with Gasteiger partial charge in [0.2, 0.25) is 5.95 Å². The molecule has 2 aliphatic heterocycles. The molecular formula is C30H27F7N4O3. The minimum absolute atomic E-state index is 0.0166. The van der Waals surface area contributed by atoms with E-state index in [0.717, 1.165) is 0 Å². The highest BCUT2D eigenvalue weighted by Crippen LogP contribution is 2.48. The monoisotopic (exact) mass is 624 g/mol. The first-order valence-corrected chi connectivity index (χ1v) is 13.4. The number of nitrogens with zero attached hydrogens (tertiary/aromatic N) is 4. The van der Waals surface area contributed by atoms with Crippen LogP contribution in [0.5, 0.6) is 5.75 Å². The van der Waals surface area contributed by atoms with E-state index in [2.05, 4.69) is 9.97 Å². The van der Waals surface area contributed by atoms with Gasteiger partial charge in [-0.1, -0.05) is 26.0 Å². The summed E-state index contributed by atoms with van der Waals surface area (Å²) < 4.78 is 107. The summed E-state index contributed by atoms with van der Waals surface area (Å²) in [5, 5.41) is 0. The van der Waals surface area contributed by atoms with Crippen molar-refractivity contribution in [1.82, 2.24) is 14.9 Å². The summed E-state index contributed by atoms with van der Waals surface area (Å²) in [5.74, 6) is -0.274. The number of halogens is 7. The molecule has 0 N–H and O–H groups in total. The molecule has 5 rings (SSSR count). The van der Waals surface area contributed by atoms with Gasteiger partial charge in [0.15, 0.2) is 6.10 Å². The largest absolute Gasteiger partial charge is 0.496 e. The van der Waals surface area contributed by atoms with Gasteiger partial charge in [-0.15, -0.1) is 0 Å². The zero-order chi connectivity index (χ0) is 32.3. The maximum atomic E-state index is 14.9. The lowest BCUT2D eigenvalue weighted by Gasteiger charge is -2.26. The molecule has 2 aromatic carbocycles. The number of hydrogen-bond acceptors (Lipinski definition) is 6. The van der Waals surface area contributed by atoms with Gasteiger partial charge in [0.05, 0.1) is 36.0 Å². The van der Waals surface area contributed by atoms with Crippen LogP contribution in [0.15, 0.2) is 48.7 Å². The SMILES string of the molecule is COc1cc(F)c(C(C)C)cc1-c1cnc(N(C)C)nc1[C@@H]1C=CC2[C@@H](c3cc(C(F)(F)F)cc(C(F)(F)F)c3)OC(=O)N21. The molecule has 14 heteroatoms. The molecule has 3 aromatic rings. The molecular weight excluding hydrogens is 597 g/mol. The number of fused-ring (bicyclic) bond motifs is 1. The van der Waals surface area contributed by atoms with Crippen molar-refractivity contribution in [3.8, 4) is 16.9 Å². The molecule has 1 fully saturated rings. The van der Waals surface area contributed by atoms with Crippen molar-refractivity contribution in [2.75, 3.05) is 26.1 Å². The molecule has 0 bridgehead atoms. The third kappa shape index (κ3) is 5.52. The van der Waals surface area contributed by atoms with Crippen molar-refractivity contribution >= 4 is 12.0 Å². The number of methoxy groups -OCH3 is 1. The molecule has 3 heterocycles. The lowest BCUT2D eigenvalue weighted by atomic mass is 9.94. The Balaban J connectivity index is 1.62. The van der Waals surface area contributed by atoms with E-state index in [0.29, 0.717) is 28.8 Å². The molecule has 0 aliphatic carbocycles. The molecule has 0 saturated carbocycles. The van der Waals surface area contributed by atoms with Crippen LogP contribution in [0.2, 0.25) is 0 Å². The van der Waals surface area contributed by atoms with Crippen molar-refractivity contribution in [3.05, 3.63) is 82.4 Å².